The fourth-order valence-corrected chi connectivity index (χ4v) is 2.80. The molecule has 2 rings (SSSR count). The molecule has 1 saturated heterocycles. The van der Waals surface area contributed by atoms with E-state index in [1.165, 1.54) is 5.56 Å². The highest BCUT2D eigenvalue weighted by Crippen LogP contribution is 2.12. The number of methoxy groups -OCH3 is 1. The Morgan fingerprint density at radius 2 is 2.19 bits per heavy atom. The molecule has 1 N–H and O–H groups in total. The zero-order valence-electron chi connectivity index (χ0n) is 13.2. The van der Waals surface area contributed by atoms with Gasteiger partial charge in [0.1, 0.15) is 6.61 Å². The van der Waals surface area contributed by atoms with Crippen molar-refractivity contribution in [2.75, 3.05) is 26.8 Å². The third-order valence-corrected chi connectivity index (χ3v) is 4.00. The fraction of sp³-hybridized carbons (Fsp3) is 0.688. The number of carbonyl (C=O) groups is 1. The summed E-state index contributed by atoms with van der Waals surface area (Å²) >= 11 is 0. The number of rotatable bonds is 7. The number of likely N-dealkylation sites (tertiary alicyclic amines) is 1. The number of nitrogens with zero attached hydrogens (tertiary/aromatic N) is 2. The number of piperidine rings is 1. The zero-order valence-corrected chi connectivity index (χ0v) is 13.2. The Labute approximate surface area is 127 Å². The lowest BCUT2D eigenvalue weighted by molar-refractivity contribution is -0.136. The van der Waals surface area contributed by atoms with Crippen molar-refractivity contribution in [3.05, 3.63) is 24.0 Å². The van der Waals surface area contributed by atoms with E-state index in [0.717, 1.165) is 45.4 Å². The molecule has 0 atom stereocenters. The number of hydrogen-bond acceptors (Lipinski definition) is 3. The molecule has 5 nitrogen and oxygen atoms in total. The normalized spacial score (nSPS) is 16.4. The number of hydrogen-bond donors (Lipinski definition) is 1. The van der Waals surface area contributed by atoms with Crippen molar-refractivity contribution >= 4 is 5.91 Å². The van der Waals surface area contributed by atoms with Gasteiger partial charge in [-0.1, -0.05) is 6.92 Å². The maximum Gasteiger partial charge on any atom is 0.248 e. The molecule has 0 bridgehead atoms. The molecule has 1 aliphatic rings. The van der Waals surface area contributed by atoms with Crippen molar-refractivity contribution in [3.8, 4) is 0 Å². The average Bonchev–Trinajstić information content (AvgIpc) is 2.94. The summed E-state index contributed by atoms with van der Waals surface area (Å²) in [5.41, 5.74) is 1.33. The zero-order chi connectivity index (χ0) is 15.1. The number of ether oxygens (including phenoxy) is 1. The lowest BCUT2D eigenvalue weighted by Gasteiger charge is -2.32. The van der Waals surface area contributed by atoms with Gasteiger partial charge < -0.3 is 19.5 Å². The number of carbonyl (C=O) groups excluding carboxylic acids is 1. The first-order chi connectivity index (χ1) is 10.2. The second kappa shape index (κ2) is 8.20. The van der Waals surface area contributed by atoms with Gasteiger partial charge in [-0.3, -0.25) is 4.79 Å². The van der Waals surface area contributed by atoms with E-state index >= 15 is 0 Å². The predicted octanol–water partition coefficient (Wildman–Crippen LogP) is 1.63. The minimum atomic E-state index is 0.104. The fourth-order valence-electron chi connectivity index (χ4n) is 2.80. The van der Waals surface area contributed by atoms with Crippen LogP contribution in [0.4, 0.5) is 0 Å². The highest BCUT2D eigenvalue weighted by molar-refractivity contribution is 5.77. The number of aromatic nitrogens is 1. The molecular weight excluding hydrogens is 266 g/mol. The Morgan fingerprint density at radius 1 is 1.43 bits per heavy atom. The van der Waals surface area contributed by atoms with Crippen LogP contribution in [-0.4, -0.2) is 48.2 Å². The van der Waals surface area contributed by atoms with E-state index in [0.29, 0.717) is 6.04 Å². The molecule has 5 heteroatoms. The van der Waals surface area contributed by atoms with Gasteiger partial charge in [0.2, 0.25) is 5.91 Å². The monoisotopic (exact) mass is 293 g/mol. The van der Waals surface area contributed by atoms with Gasteiger partial charge in [-0.15, -0.1) is 0 Å². The largest absolute Gasteiger partial charge is 0.375 e. The molecule has 1 fully saturated rings. The quantitative estimate of drug-likeness (QED) is 0.831. The van der Waals surface area contributed by atoms with Gasteiger partial charge in [-0.25, -0.2) is 0 Å². The molecule has 21 heavy (non-hydrogen) atoms. The maximum atomic E-state index is 11.7. The van der Waals surface area contributed by atoms with Crippen molar-refractivity contribution in [2.24, 2.45) is 0 Å². The first-order valence-corrected chi connectivity index (χ1v) is 7.87. The maximum absolute atomic E-state index is 11.7. The molecule has 0 unspecified atom stereocenters. The number of amides is 1. The summed E-state index contributed by atoms with van der Waals surface area (Å²) in [4.78, 5) is 13.6. The van der Waals surface area contributed by atoms with Crippen LogP contribution >= 0.6 is 0 Å². The van der Waals surface area contributed by atoms with Crippen LogP contribution in [0.25, 0.3) is 0 Å². The molecule has 1 aliphatic heterocycles. The molecule has 118 valence electrons. The van der Waals surface area contributed by atoms with Gasteiger partial charge in [0.15, 0.2) is 0 Å². The second-order valence-electron chi connectivity index (χ2n) is 5.73. The first-order valence-electron chi connectivity index (χ1n) is 7.87. The van der Waals surface area contributed by atoms with Crippen molar-refractivity contribution < 1.29 is 9.53 Å². The predicted molar refractivity (Wildman–Crippen MR) is 83.0 cm³/mol. The van der Waals surface area contributed by atoms with E-state index in [4.69, 9.17) is 4.74 Å². The van der Waals surface area contributed by atoms with Gasteiger partial charge in [-0.05, 0) is 30.9 Å². The lowest BCUT2D eigenvalue weighted by Crippen LogP contribution is -2.45. The van der Waals surface area contributed by atoms with Crippen LogP contribution in [0.3, 0.4) is 0 Å². The summed E-state index contributed by atoms with van der Waals surface area (Å²) in [5, 5.41) is 3.60. The van der Waals surface area contributed by atoms with Crippen LogP contribution in [0.5, 0.6) is 0 Å². The standard InChI is InChI=1S/C16H27N3O2/c1-3-7-18-8-4-14(12-18)11-17-15-5-9-19(10-6-15)16(20)13-21-2/h4,8,12,15,17H,3,5-7,9-11,13H2,1-2H3. The van der Waals surface area contributed by atoms with Crippen LogP contribution in [0.1, 0.15) is 31.7 Å². The van der Waals surface area contributed by atoms with Crippen molar-refractivity contribution in [1.29, 1.82) is 0 Å². The van der Waals surface area contributed by atoms with E-state index in [1.54, 1.807) is 7.11 Å². The summed E-state index contributed by atoms with van der Waals surface area (Å²) in [6.45, 7) is 6.04. The SMILES string of the molecule is CCCn1ccc(CNC2CCN(C(=O)COC)CC2)c1. The van der Waals surface area contributed by atoms with Crippen molar-refractivity contribution in [1.82, 2.24) is 14.8 Å². The molecule has 0 spiro atoms. The highest BCUT2D eigenvalue weighted by atomic mass is 16.5. The molecular formula is C16H27N3O2. The Kier molecular flexibility index (Phi) is 6.26. The summed E-state index contributed by atoms with van der Waals surface area (Å²) < 4.78 is 7.14. The van der Waals surface area contributed by atoms with Crippen LogP contribution in [0.2, 0.25) is 0 Å². The Hall–Kier alpha value is -1.33. The van der Waals surface area contributed by atoms with Crippen LogP contribution in [0.15, 0.2) is 18.5 Å². The number of aryl methyl sites for hydroxylation is 1. The first kappa shape index (κ1) is 16.0. The summed E-state index contributed by atoms with van der Waals surface area (Å²) in [6.07, 6.45) is 7.56. The van der Waals surface area contributed by atoms with E-state index in [2.05, 4.69) is 35.3 Å². The molecule has 0 radical (unpaired) electrons. The smallest absolute Gasteiger partial charge is 0.248 e. The van der Waals surface area contributed by atoms with Crippen molar-refractivity contribution in [3.63, 3.8) is 0 Å². The molecule has 0 aliphatic carbocycles. The Bertz CT molecular complexity index is 436. The third-order valence-electron chi connectivity index (χ3n) is 4.00. The van der Waals surface area contributed by atoms with Crippen LogP contribution in [0, 0.1) is 0 Å². The van der Waals surface area contributed by atoms with Gasteiger partial charge in [0, 0.05) is 51.7 Å². The van der Waals surface area contributed by atoms with Crippen LogP contribution < -0.4 is 5.32 Å². The molecule has 0 aromatic carbocycles. The minimum absolute atomic E-state index is 0.104. The summed E-state index contributed by atoms with van der Waals surface area (Å²) in [7, 11) is 1.57. The van der Waals surface area contributed by atoms with E-state index < -0.39 is 0 Å². The van der Waals surface area contributed by atoms with E-state index in [1.807, 2.05) is 4.90 Å². The molecule has 0 saturated carbocycles. The summed E-state index contributed by atoms with van der Waals surface area (Å²) in [5.74, 6) is 0.104. The minimum Gasteiger partial charge on any atom is -0.375 e. The van der Waals surface area contributed by atoms with Crippen molar-refractivity contribution in [2.45, 2.75) is 45.3 Å². The van der Waals surface area contributed by atoms with E-state index in [-0.39, 0.29) is 12.5 Å². The van der Waals surface area contributed by atoms with Gasteiger partial charge >= 0.3 is 0 Å². The average molecular weight is 293 g/mol. The Morgan fingerprint density at radius 3 is 2.86 bits per heavy atom. The highest BCUT2D eigenvalue weighted by Gasteiger charge is 2.22. The lowest BCUT2D eigenvalue weighted by atomic mass is 10.0. The molecule has 1 aromatic heterocycles. The second-order valence-corrected chi connectivity index (χ2v) is 5.73. The molecule has 1 amide bonds. The van der Waals surface area contributed by atoms with E-state index in [9.17, 15) is 4.79 Å². The summed E-state index contributed by atoms with van der Waals surface area (Å²) in [6, 6.07) is 2.69. The topological polar surface area (TPSA) is 46.5 Å². The van der Waals surface area contributed by atoms with Gasteiger partial charge in [0.05, 0.1) is 0 Å². The molecule has 2 heterocycles. The third kappa shape index (κ3) is 4.86. The molecule has 1 aromatic rings. The number of nitrogens with one attached hydrogen (secondary N) is 1. The van der Waals surface area contributed by atoms with Crippen LogP contribution in [-0.2, 0) is 22.6 Å². The van der Waals surface area contributed by atoms with Gasteiger partial charge in [-0.2, -0.15) is 0 Å². The Balaban J connectivity index is 1.69. The van der Waals surface area contributed by atoms with Gasteiger partial charge in [0.25, 0.3) is 0 Å².